The summed E-state index contributed by atoms with van der Waals surface area (Å²) in [7, 11) is 0. The Bertz CT molecular complexity index is 2500. The molecule has 0 amide bonds. The van der Waals surface area contributed by atoms with Crippen molar-refractivity contribution in [3.63, 3.8) is 0 Å². The van der Waals surface area contributed by atoms with E-state index in [2.05, 4.69) is 124 Å². The molecule has 0 aliphatic carbocycles. The van der Waals surface area contributed by atoms with Crippen molar-refractivity contribution in [2.75, 3.05) is 0 Å². The molecule has 0 aliphatic heterocycles. The van der Waals surface area contributed by atoms with Gasteiger partial charge in [0.2, 0.25) is 0 Å². The minimum atomic E-state index is 0.644. The van der Waals surface area contributed by atoms with E-state index >= 15 is 0 Å². The molecule has 0 unspecified atom stereocenters. The molecule has 0 bridgehead atoms. The highest BCUT2D eigenvalue weighted by molar-refractivity contribution is 6.15. The van der Waals surface area contributed by atoms with Gasteiger partial charge in [0.25, 0.3) is 0 Å². The van der Waals surface area contributed by atoms with Crippen LogP contribution in [0.1, 0.15) is 5.56 Å². The van der Waals surface area contributed by atoms with E-state index in [-0.39, 0.29) is 0 Å². The fraction of sp³-hybridized carbons (Fsp3) is 0. The first-order valence-corrected chi connectivity index (χ1v) is 13.7. The SMILES string of the molecule is N#Cc1ccc2c3ccccc3n(-c3ccc4oc5cccc(-n6c7ccccc7c7ccccc76)c5c4c3)c2c1. The Hall–Kier alpha value is -5.79. The molecule has 190 valence electrons. The van der Waals surface area contributed by atoms with E-state index in [4.69, 9.17) is 4.42 Å². The monoisotopic (exact) mass is 523 g/mol. The second-order valence-electron chi connectivity index (χ2n) is 10.5. The first-order chi connectivity index (χ1) is 20.3. The summed E-state index contributed by atoms with van der Waals surface area (Å²) in [5, 5.41) is 16.5. The van der Waals surface area contributed by atoms with E-state index in [0.29, 0.717) is 5.56 Å². The Labute approximate surface area is 234 Å². The molecule has 4 heteroatoms. The molecule has 0 aliphatic rings. The van der Waals surface area contributed by atoms with E-state index in [1.807, 2.05) is 18.2 Å². The molecule has 6 aromatic carbocycles. The van der Waals surface area contributed by atoms with Gasteiger partial charge >= 0.3 is 0 Å². The van der Waals surface area contributed by atoms with Gasteiger partial charge in [-0.1, -0.05) is 66.7 Å². The highest BCUT2D eigenvalue weighted by atomic mass is 16.3. The number of benzene rings is 6. The van der Waals surface area contributed by atoms with Crippen LogP contribution in [0.4, 0.5) is 0 Å². The predicted octanol–water partition coefficient (Wildman–Crippen LogP) is 9.65. The van der Waals surface area contributed by atoms with Crippen molar-refractivity contribution in [3.8, 4) is 17.4 Å². The van der Waals surface area contributed by atoms with Gasteiger partial charge in [-0.3, -0.25) is 0 Å². The number of hydrogen-bond acceptors (Lipinski definition) is 2. The van der Waals surface area contributed by atoms with Gasteiger partial charge in [-0.05, 0) is 60.7 Å². The van der Waals surface area contributed by atoms with Crippen LogP contribution in [0.3, 0.4) is 0 Å². The largest absolute Gasteiger partial charge is 0.456 e. The van der Waals surface area contributed by atoms with Crippen molar-refractivity contribution in [3.05, 3.63) is 133 Å². The molecule has 9 aromatic rings. The molecule has 0 N–H and O–H groups in total. The zero-order valence-electron chi connectivity index (χ0n) is 21.9. The number of fused-ring (bicyclic) bond motifs is 9. The lowest BCUT2D eigenvalue weighted by molar-refractivity contribution is 0.669. The third-order valence-electron chi connectivity index (χ3n) is 8.34. The van der Waals surface area contributed by atoms with Crippen molar-refractivity contribution in [1.82, 2.24) is 9.13 Å². The number of aromatic nitrogens is 2. The molecular formula is C37H21N3O. The van der Waals surface area contributed by atoms with E-state index in [1.165, 1.54) is 10.8 Å². The van der Waals surface area contributed by atoms with Crippen molar-refractivity contribution in [1.29, 1.82) is 5.26 Å². The summed E-state index contributed by atoms with van der Waals surface area (Å²) in [5.41, 5.74) is 8.90. The van der Waals surface area contributed by atoms with Crippen LogP contribution in [-0.2, 0) is 0 Å². The van der Waals surface area contributed by atoms with Crippen LogP contribution < -0.4 is 0 Å². The third kappa shape index (κ3) is 2.98. The van der Waals surface area contributed by atoms with Gasteiger partial charge in [0, 0.05) is 32.6 Å². The van der Waals surface area contributed by atoms with Gasteiger partial charge in [-0.15, -0.1) is 0 Å². The average Bonchev–Trinajstić information content (AvgIpc) is 3.68. The van der Waals surface area contributed by atoms with Gasteiger partial charge in [-0.25, -0.2) is 0 Å². The Morgan fingerprint density at radius 3 is 1.80 bits per heavy atom. The number of nitrogens with zero attached hydrogens (tertiary/aromatic N) is 3. The molecule has 0 spiro atoms. The molecule has 0 atom stereocenters. The van der Waals surface area contributed by atoms with E-state index in [1.54, 1.807) is 0 Å². The van der Waals surface area contributed by atoms with Gasteiger partial charge in [0.15, 0.2) is 0 Å². The number of rotatable bonds is 2. The predicted molar refractivity (Wildman–Crippen MR) is 167 cm³/mol. The van der Waals surface area contributed by atoms with Gasteiger partial charge in [-0.2, -0.15) is 5.26 Å². The standard InChI is InChI=1S/C37H21N3O/c38-22-23-16-18-28-27-10-1-4-11-30(27)39(34(28)20-23)24-17-19-35-29(21-24)37-33(14-7-15-36(37)41-35)40-31-12-5-2-8-25(31)26-9-3-6-13-32(26)40/h1-21H. The summed E-state index contributed by atoms with van der Waals surface area (Å²) < 4.78 is 11.0. The van der Waals surface area contributed by atoms with Gasteiger partial charge < -0.3 is 13.6 Å². The molecule has 3 heterocycles. The molecule has 9 rings (SSSR count). The summed E-state index contributed by atoms with van der Waals surface area (Å²) in [6.07, 6.45) is 0. The van der Waals surface area contributed by atoms with Crippen molar-refractivity contribution >= 4 is 65.6 Å². The smallest absolute Gasteiger partial charge is 0.137 e. The van der Waals surface area contributed by atoms with Crippen molar-refractivity contribution in [2.24, 2.45) is 0 Å². The highest BCUT2D eigenvalue weighted by Crippen LogP contribution is 2.40. The molecule has 41 heavy (non-hydrogen) atoms. The van der Waals surface area contributed by atoms with E-state index in [0.717, 1.165) is 66.2 Å². The lowest BCUT2D eigenvalue weighted by Gasteiger charge is -2.11. The summed E-state index contributed by atoms with van der Waals surface area (Å²) >= 11 is 0. The second kappa shape index (κ2) is 8.11. The summed E-state index contributed by atoms with van der Waals surface area (Å²) in [4.78, 5) is 0. The number of nitriles is 1. The first kappa shape index (κ1) is 22.1. The molecule has 0 fully saturated rings. The fourth-order valence-corrected chi connectivity index (χ4v) is 6.62. The quantitative estimate of drug-likeness (QED) is 0.226. The van der Waals surface area contributed by atoms with Crippen LogP contribution in [0.15, 0.2) is 132 Å². The Balaban J connectivity index is 1.39. The van der Waals surface area contributed by atoms with Crippen molar-refractivity contribution < 1.29 is 4.42 Å². The topological polar surface area (TPSA) is 46.8 Å². The minimum absolute atomic E-state index is 0.644. The molecular weight excluding hydrogens is 502 g/mol. The highest BCUT2D eigenvalue weighted by Gasteiger charge is 2.19. The van der Waals surface area contributed by atoms with E-state index < -0.39 is 0 Å². The maximum absolute atomic E-state index is 9.66. The second-order valence-corrected chi connectivity index (χ2v) is 10.5. The molecule has 0 saturated carbocycles. The normalized spacial score (nSPS) is 11.9. The Morgan fingerprint density at radius 2 is 1.12 bits per heavy atom. The lowest BCUT2D eigenvalue weighted by atomic mass is 10.1. The van der Waals surface area contributed by atoms with Crippen molar-refractivity contribution in [2.45, 2.75) is 0 Å². The van der Waals surface area contributed by atoms with Crippen LogP contribution in [-0.4, -0.2) is 9.13 Å². The van der Waals surface area contributed by atoms with Crippen LogP contribution in [0, 0.1) is 11.3 Å². The number of para-hydroxylation sites is 3. The van der Waals surface area contributed by atoms with Crippen LogP contribution in [0.25, 0.3) is 76.9 Å². The first-order valence-electron chi connectivity index (χ1n) is 13.7. The Kier molecular flexibility index (Phi) is 4.37. The summed E-state index contributed by atoms with van der Waals surface area (Å²) in [5.74, 6) is 0. The maximum Gasteiger partial charge on any atom is 0.137 e. The summed E-state index contributed by atoms with van der Waals surface area (Å²) in [6.45, 7) is 0. The third-order valence-corrected chi connectivity index (χ3v) is 8.34. The minimum Gasteiger partial charge on any atom is -0.456 e. The molecule has 0 saturated heterocycles. The summed E-state index contributed by atoms with van der Waals surface area (Å²) in [6, 6.07) is 46.5. The zero-order valence-corrected chi connectivity index (χ0v) is 21.9. The van der Waals surface area contributed by atoms with E-state index in [9.17, 15) is 5.26 Å². The molecule has 0 radical (unpaired) electrons. The maximum atomic E-state index is 9.66. The van der Waals surface area contributed by atoms with Crippen LogP contribution in [0.2, 0.25) is 0 Å². The number of hydrogen-bond donors (Lipinski definition) is 0. The van der Waals surface area contributed by atoms with Gasteiger partial charge in [0.1, 0.15) is 11.2 Å². The zero-order chi connectivity index (χ0) is 27.1. The number of furan rings is 1. The van der Waals surface area contributed by atoms with Gasteiger partial charge in [0.05, 0.1) is 44.8 Å². The lowest BCUT2D eigenvalue weighted by Crippen LogP contribution is -1.95. The molecule has 4 nitrogen and oxygen atoms in total. The van der Waals surface area contributed by atoms with Crippen LogP contribution >= 0.6 is 0 Å². The Morgan fingerprint density at radius 1 is 0.488 bits per heavy atom. The molecule has 3 aromatic heterocycles. The van der Waals surface area contributed by atoms with Crippen LogP contribution in [0.5, 0.6) is 0 Å². The average molecular weight is 524 g/mol. The fourth-order valence-electron chi connectivity index (χ4n) is 6.62.